The Hall–Kier alpha value is -1.79. The lowest BCUT2D eigenvalue weighted by atomic mass is 10.1. The standard InChI is InChI=1S/C18H27ClN4O2/c1-13(16(24)20-17(25)21-18(2,3)4)22-8-10-23(11-9-22)15-7-5-6-14(19)12-15/h5-7,12-13H,8-11H2,1-4H3,(H2,20,21,24,25)/p+1/t13-/m0/s1. The van der Waals surface area contributed by atoms with Crippen molar-refractivity contribution in [2.45, 2.75) is 39.3 Å². The Balaban J connectivity index is 1.85. The summed E-state index contributed by atoms with van der Waals surface area (Å²) in [5, 5.41) is 5.91. The van der Waals surface area contributed by atoms with Gasteiger partial charge in [0.25, 0.3) is 5.91 Å². The number of amides is 3. The molecule has 0 bridgehead atoms. The van der Waals surface area contributed by atoms with Crippen molar-refractivity contribution in [3.63, 3.8) is 0 Å². The summed E-state index contributed by atoms with van der Waals surface area (Å²) in [5.41, 5.74) is 0.733. The van der Waals surface area contributed by atoms with Crippen molar-refractivity contribution in [3.8, 4) is 0 Å². The van der Waals surface area contributed by atoms with Crippen LogP contribution in [0.2, 0.25) is 5.02 Å². The topological polar surface area (TPSA) is 65.9 Å². The second kappa shape index (κ2) is 8.06. The number of hydrogen-bond acceptors (Lipinski definition) is 3. The normalized spacial score (nSPS) is 17.1. The van der Waals surface area contributed by atoms with Gasteiger partial charge in [0.05, 0.1) is 26.2 Å². The molecule has 1 saturated heterocycles. The number of hydrogen-bond donors (Lipinski definition) is 3. The minimum absolute atomic E-state index is 0.243. The summed E-state index contributed by atoms with van der Waals surface area (Å²) in [4.78, 5) is 27.6. The fourth-order valence-electron chi connectivity index (χ4n) is 2.94. The number of carbonyl (C=O) groups excluding carboxylic acids is 2. The summed E-state index contributed by atoms with van der Waals surface area (Å²) < 4.78 is 0. The van der Waals surface area contributed by atoms with Gasteiger partial charge in [0.1, 0.15) is 0 Å². The largest absolute Gasteiger partial charge is 0.360 e. The zero-order valence-corrected chi connectivity index (χ0v) is 16.1. The van der Waals surface area contributed by atoms with Crippen molar-refractivity contribution in [2.75, 3.05) is 31.1 Å². The average molecular weight is 368 g/mol. The summed E-state index contributed by atoms with van der Waals surface area (Å²) in [6, 6.07) is 7.10. The van der Waals surface area contributed by atoms with Gasteiger partial charge in [0.15, 0.2) is 6.04 Å². The summed E-state index contributed by atoms with van der Waals surface area (Å²) in [5.74, 6) is -0.243. The summed E-state index contributed by atoms with van der Waals surface area (Å²) >= 11 is 6.06. The van der Waals surface area contributed by atoms with Crippen molar-refractivity contribution in [1.29, 1.82) is 0 Å². The molecule has 3 amide bonds. The summed E-state index contributed by atoms with van der Waals surface area (Å²) in [7, 11) is 0. The van der Waals surface area contributed by atoms with Crippen LogP contribution in [0.25, 0.3) is 0 Å². The molecule has 0 aromatic heterocycles. The highest BCUT2D eigenvalue weighted by Gasteiger charge is 2.30. The first-order valence-corrected chi connectivity index (χ1v) is 9.01. The third-order valence-corrected chi connectivity index (χ3v) is 4.55. The molecular formula is C18H28ClN4O2+. The van der Waals surface area contributed by atoms with Gasteiger partial charge in [-0.05, 0) is 45.9 Å². The SMILES string of the molecule is C[C@@H](C(=O)NC(=O)NC(C)(C)C)[NH+]1CCN(c2cccc(Cl)c2)CC1. The Kier molecular flexibility index (Phi) is 6.30. The fourth-order valence-corrected chi connectivity index (χ4v) is 3.12. The van der Waals surface area contributed by atoms with Crippen LogP contribution >= 0.6 is 11.6 Å². The van der Waals surface area contributed by atoms with E-state index in [4.69, 9.17) is 11.6 Å². The van der Waals surface area contributed by atoms with Crippen molar-refractivity contribution in [1.82, 2.24) is 10.6 Å². The van der Waals surface area contributed by atoms with Gasteiger partial charge in [-0.2, -0.15) is 0 Å². The van der Waals surface area contributed by atoms with Crippen molar-refractivity contribution >= 4 is 29.2 Å². The molecule has 2 rings (SSSR count). The summed E-state index contributed by atoms with van der Waals surface area (Å²) in [6.07, 6.45) is 0. The molecule has 0 unspecified atom stereocenters. The smallest absolute Gasteiger partial charge is 0.322 e. The highest BCUT2D eigenvalue weighted by atomic mass is 35.5. The van der Waals surface area contributed by atoms with Gasteiger partial charge in [0, 0.05) is 16.2 Å². The number of imide groups is 1. The van der Waals surface area contributed by atoms with Gasteiger partial charge in [-0.1, -0.05) is 17.7 Å². The second-order valence-corrected chi connectivity index (χ2v) is 7.98. The molecule has 1 aromatic rings. The van der Waals surface area contributed by atoms with E-state index in [9.17, 15) is 9.59 Å². The molecule has 0 saturated carbocycles. The summed E-state index contributed by atoms with van der Waals surface area (Å²) in [6.45, 7) is 10.9. The molecule has 0 spiro atoms. The molecule has 7 heteroatoms. The van der Waals surface area contributed by atoms with E-state index >= 15 is 0 Å². The number of nitrogens with zero attached hydrogens (tertiary/aromatic N) is 1. The zero-order chi connectivity index (χ0) is 18.6. The molecule has 1 heterocycles. The van der Waals surface area contributed by atoms with E-state index in [1.165, 1.54) is 4.90 Å². The Morgan fingerprint density at radius 1 is 1.24 bits per heavy atom. The van der Waals surface area contributed by atoms with E-state index in [-0.39, 0.29) is 17.5 Å². The second-order valence-electron chi connectivity index (χ2n) is 7.54. The molecular weight excluding hydrogens is 340 g/mol. The maximum atomic E-state index is 12.3. The molecule has 0 radical (unpaired) electrons. The van der Waals surface area contributed by atoms with Gasteiger partial charge in [-0.25, -0.2) is 4.79 Å². The Morgan fingerprint density at radius 2 is 1.88 bits per heavy atom. The number of urea groups is 1. The maximum absolute atomic E-state index is 12.3. The van der Waals surface area contributed by atoms with E-state index in [0.717, 1.165) is 36.9 Å². The number of nitrogens with one attached hydrogen (secondary N) is 3. The van der Waals surface area contributed by atoms with E-state index in [2.05, 4.69) is 15.5 Å². The van der Waals surface area contributed by atoms with Crippen LogP contribution in [-0.4, -0.2) is 49.7 Å². The molecule has 1 aromatic carbocycles. The van der Waals surface area contributed by atoms with Gasteiger partial charge >= 0.3 is 6.03 Å². The average Bonchev–Trinajstić information content (AvgIpc) is 2.52. The number of anilines is 1. The molecule has 1 fully saturated rings. The molecule has 138 valence electrons. The van der Waals surface area contributed by atoms with Crippen LogP contribution < -0.4 is 20.4 Å². The first kappa shape index (κ1) is 19.5. The van der Waals surface area contributed by atoms with E-state index in [1.54, 1.807) is 0 Å². The minimum Gasteiger partial charge on any atom is -0.360 e. The quantitative estimate of drug-likeness (QED) is 0.748. The lowest BCUT2D eigenvalue weighted by Crippen LogP contribution is -3.19. The molecule has 0 aliphatic carbocycles. The van der Waals surface area contributed by atoms with Gasteiger partial charge < -0.3 is 15.1 Å². The first-order valence-electron chi connectivity index (χ1n) is 8.64. The number of rotatable bonds is 3. The van der Waals surface area contributed by atoms with Crippen LogP contribution in [0.1, 0.15) is 27.7 Å². The molecule has 1 aliphatic heterocycles. The molecule has 3 N–H and O–H groups in total. The highest BCUT2D eigenvalue weighted by molar-refractivity contribution is 6.30. The predicted octanol–water partition coefficient (Wildman–Crippen LogP) is 1.06. The van der Waals surface area contributed by atoms with E-state index in [1.807, 2.05) is 52.0 Å². The number of quaternary nitrogens is 1. The van der Waals surface area contributed by atoms with Crippen molar-refractivity contribution in [3.05, 3.63) is 29.3 Å². The molecule has 25 heavy (non-hydrogen) atoms. The zero-order valence-electron chi connectivity index (χ0n) is 15.4. The third-order valence-electron chi connectivity index (χ3n) is 4.31. The van der Waals surface area contributed by atoms with Crippen molar-refractivity contribution in [2.24, 2.45) is 0 Å². The van der Waals surface area contributed by atoms with Crippen LogP contribution in [0.3, 0.4) is 0 Å². The minimum atomic E-state index is -0.443. The van der Waals surface area contributed by atoms with Gasteiger partial charge in [-0.15, -0.1) is 0 Å². The van der Waals surface area contributed by atoms with Crippen LogP contribution in [0.5, 0.6) is 0 Å². The Labute approximate surface area is 154 Å². The monoisotopic (exact) mass is 367 g/mol. The lowest BCUT2D eigenvalue weighted by Gasteiger charge is -2.36. The predicted molar refractivity (Wildman–Crippen MR) is 100 cm³/mol. The molecule has 6 nitrogen and oxygen atoms in total. The van der Waals surface area contributed by atoms with Crippen molar-refractivity contribution < 1.29 is 14.5 Å². The maximum Gasteiger partial charge on any atom is 0.322 e. The Morgan fingerprint density at radius 3 is 2.44 bits per heavy atom. The third kappa shape index (κ3) is 5.90. The van der Waals surface area contributed by atoms with Gasteiger partial charge in [-0.3, -0.25) is 10.1 Å². The van der Waals surface area contributed by atoms with Gasteiger partial charge in [0.2, 0.25) is 0 Å². The first-order chi connectivity index (χ1) is 11.7. The van der Waals surface area contributed by atoms with E-state index < -0.39 is 6.03 Å². The number of benzene rings is 1. The van der Waals surface area contributed by atoms with Crippen LogP contribution in [0.15, 0.2) is 24.3 Å². The number of carbonyl (C=O) groups is 2. The van der Waals surface area contributed by atoms with Crippen LogP contribution in [0.4, 0.5) is 10.5 Å². The molecule has 1 atom stereocenters. The Bertz CT molecular complexity index is 622. The lowest BCUT2D eigenvalue weighted by molar-refractivity contribution is -0.914. The van der Waals surface area contributed by atoms with E-state index in [0.29, 0.717) is 0 Å². The van der Waals surface area contributed by atoms with Crippen LogP contribution in [0, 0.1) is 0 Å². The molecule has 1 aliphatic rings. The highest BCUT2D eigenvalue weighted by Crippen LogP contribution is 2.19. The fraction of sp³-hybridized carbons (Fsp3) is 0.556. The van der Waals surface area contributed by atoms with Crippen LogP contribution in [-0.2, 0) is 4.79 Å². The number of piperazine rings is 1. The number of halogens is 1.